The van der Waals surface area contributed by atoms with Crippen LogP contribution in [0.5, 0.6) is 0 Å². The van der Waals surface area contributed by atoms with Crippen molar-refractivity contribution in [1.29, 1.82) is 0 Å². The Morgan fingerprint density at radius 1 is 1.06 bits per heavy atom. The highest BCUT2D eigenvalue weighted by Crippen LogP contribution is 2.31. The van der Waals surface area contributed by atoms with Gasteiger partial charge in [-0.15, -0.1) is 11.3 Å². The second kappa shape index (κ2) is 9.65. The van der Waals surface area contributed by atoms with Gasteiger partial charge in [-0.1, -0.05) is 48.0 Å². The van der Waals surface area contributed by atoms with Crippen LogP contribution in [-0.2, 0) is 17.8 Å². The first kappa shape index (κ1) is 22.1. The third-order valence-corrected chi connectivity index (χ3v) is 7.84. The lowest BCUT2D eigenvalue weighted by Gasteiger charge is -2.31. The molecular formula is C26H26ClN3O2S. The van der Waals surface area contributed by atoms with Crippen molar-refractivity contribution in [3.05, 3.63) is 75.8 Å². The van der Waals surface area contributed by atoms with Gasteiger partial charge in [0.2, 0.25) is 5.91 Å². The lowest BCUT2D eigenvalue weighted by Crippen LogP contribution is -2.40. The molecule has 2 heterocycles. The van der Waals surface area contributed by atoms with E-state index in [0.29, 0.717) is 10.9 Å². The van der Waals surface area contributed by atoms with Crippen molar-refractivity contribution in [3.63, 3.8) is 0 Å². The van der Waals surface area contributed by atoms with Crippen molar-refractivity contribution in [2.75, 3.05) is 6.54 Å². The van der Waals surface area contributed by atoms with Crippen LogP contribution in [0.4, 0.5) is 0 Å². The van der Waals surface area contributed by atoms with Crippen molar-refractivity contribution in [2.45, 2.75) is 44.7 Å². The van der Waals surface area contributed by atoms with E-state index in [1.54, 1.807) is 0 Å². The summed E-state index contributed by atoms with van der Waals surface area (Å²) < 4.78 is 0. The summed E-state index contributed by atoms with van der Waals surface area (Å²) in [6.45, 7) is 1.52. The highest BCUT2D eigenvalue weighted by molar-refractivity contribution is 7.13. The number of carbonyl (C=O) groups excluding carboxylic acids is 2. The highest BCUT2D eigenvalue weighted by Gasteiger charge is 2.30. The van der Waals surface area contributed by atoms with E-state index in [9.17, 15) is 9.59 Å². The van der Waals surface area contributed by atoms with Crippen LogP contribution in [0.2, 0.25) is 5.02 Å². The van der Waals surface area contributed by atoms with Crippen LogP contribution in [0.25, 0.3) is 10.6 Å². The van der Waals surface area contributed by atoms with E-state index in [1.807, 2.05) is 58.8 Å². The molecule has 170 valence electrons. The Morgan fingerprint density at radius 2 is 1.79 bits per heavy atom. The predicted molar refractivity (Wildman–Crippen MR) is 131 cm³/mol. The number of rotatable bonds is 6. The highest BCUT2D eigenvalue weighted by atomic mass is 35.5. The molecule has 1 fully saturated rings. The first-order chi connectivity index (χ1) is 16.1. The van der Waals surface area contributed by atoms with Gasteiger partial charge in [0.15, 0.2) is 0 Å². The fourth-order valence-electron chi connectivity index (χ4n) is 4.85. The number of hydrogen-bond donors (Lipinski definition) is 1. The number of carbonyl (C=O) groups is 2. The lowest BCUT2D eigenvalue weighted by molar-refractivity contribution is -0.121. The van der Waals surface area contributed by atoms with Crippen molar-refractivity contribution >= 4 is 34.8 Å². The van der Waals surface area contributed by atoms with Crippen LogP contribution in [0.15, 0.2) is 53.9 Å². The summed E-state index contributed by atoms with van der Waals surface area (Å²) in [7, 11) is 0. The van der Waals surface area contributed by atoms with Gasteiger partial charge in [-0.25, -0.2) is 4.98 Å². The Bertz CT molecular complexity index is 1170. The van der Waals surface area contributed by atoms with Gasteiger partial charge in [-0.2, -0.15) is 0 Å². The van der Waals surface area contributed by atoms with Crippen molar-refractivity contribution in [3.8, 4) is 10.6 Å². The smallest absolute Gasteiger partial charge is 0.254 e. The van der Waals surface area contributed by atoms with Crippen molar-refractivity contribution < 1.29 is 9.59 Å². The molecule has 1 aromatic heterocycles. The second-order valence-electron chi connectivity index (χ2n) is 8.93. The number of aromatic nitrogens is 1. The molecule has 1 N–H and O–H groups in total. The molecule has 2 amide bonds. The maximum Gasteiger partial charge on any atom is 0.254 e. The van der Waals surface area contributed by atoms with Gasteiger partial charge in [0.1, 0.15) is 5.01 Å². The second-order valence-corrected chi connectivity index (χ2v) is 10.2. The summed E-state index contributed by atoms with van der Waals surface area (Å²) in [6, 6.07) is 15.7. The molecule has 5 rings (SSSR count). The minimum Gasteiger partial charge on any atom is -0.353 e. The van der Waals surface area contributed by atoms with Gasteiger partial charge in [0, 0.05) is 35.6 Å². The molecule has 2 aromatic carbocycles. The molecule has 2 aliphatic rings. The topological polar surface area (TPSA) is 62.3 Å². The Labute approximate surface area is 202 Å². The molecule has 1 saturated carbocycles. The number of amides is 2. The predicted octanol–water partition coefficient (Wildman–Crippen LogP) is 5.34. The number of hydrogen-bond acceptors (Lipinski definition) is 4. The zero-order valence-corrected chi connectivity index (χ0v) is 19.9. The molecule has 0 saturated heterocycles. The molecule has 1 aliphatic heterocycles. The number of nitrogens with one attached hydrogen (secondary N) is 1. The van der Waals surface area contributed by atoms with Crippen LogP contribution < -0.4 is 5.32 Å². The third-order valence-electron chi connectivity index (χ3n) is 6.58. The van der Waals surface area contributed by atoms with E-state index in [1.165, 1.54) is 11.3 Å². The van der Waals surface area contributed by atoms with E-state index < -0.39 is 0 Å². The van der Waals surface area contributed by atoms with E-state index in [0.717, 1.165) is 66.2 Å². The van der Waals surface area contributed by atoms with E-state index >= 15 is 0 Å². The largest absolute Gasteiger partial charge is 0.353 e. The summed E-state index contributed by atoms with van der Waals surface area (Å²) >= 11 is 7.77. The van der Waals surface area contributed by atoms with Crippen molar-refractivity contribution in [2.24, 2.45) is 5.92 Å². The summed E-state index contributed by atoms with van der Waals surface area (Å²) in [5, 5.41) is 6.62. The van der Waals surface area contributed by atoms with Gasteiger partial charge in [0.05, 0.1) is 17.1 Å². The molecule has 33 heavy (non-hydrogen) atoms. The number of halogens is 1. The van der Waals surface area contributed by atoms with Crippen LogP contribution in [0, 0.1) is 5.92 Å². The quantitative estimate of drug-likeness (QED) is 0.519. The summed E-state index contributed by atoms with van der Waals surface area (Å²) in [4.78, 5) is 31.8. The zero-order valence-electron chi connectivity index (χ0n) is 18.3. The van der Waals surface area contributed by atoms with Crippen LogP contribution in [-0.4, -0.2) is 34.3 Å². The molecule has 0 bridgehead atoms. The normalized spacial score (nSPS) is 20.0. The fraction of sp³-hybridized carbons (Fsp3) is 0.346. The molecule has 3 aromatic rings. The van der Waals surface area contributed by atoms with Gasteiger partial charge in [0.25, 0.3) is 5.91 Å². The zero-order chi connectivity index (χ0) is 22.8. The Kier molecular flexibility index (Phi) is 6.47. The summed E-state index contributed by atoms with van der Waals surface area (Å²) in [5.74, 6) is 0.660. The average molecular weight is 480 g/mol. The van der Waals surface area contributed by atoms with Gasteiger partial charge < -0.3 is 10.2 Å². The molecular weight excluding hydrogens is 454 g/mol. The van der Waals surface area contributed by atoms with Gasteiger partial charge in [-0.3, -0.25) is 9.59 Å². The fourth-order valence-corrected chi connectivity index (χ4v) is 5.99. The average Bonchev–Trinajstić information content (AvgIpc) is 3.40. The molecule has 7 heteroatoms. The lowest BCUT2D eigenvalue weighted by atomic mass is 9.85. The number of thiazole rings is 1. The Morgan fingerprint density at radius 3 is 2.55 bits per heavy atom. The first-order valence-corrected chi connectivity index (χ1v) is 12.7. The number of fused-ring (bicyclic) bond motifs is 1. The SMILES string of the molecule is O=C(Cc1csc(-c2ccccc2Cl)n1)NC1CCC(CN2Cc3ccccc3C2=O)CC1. The maximum atomic E-state index is 12.6. The number of benzene rings is 2. The van der Waals surface area contributed by atoms with E-state index in [4.69, 9.17) is 11.6 Å². The maximum absolute atomic E-state index is 12.6. The minimum atomic E-state index is 0.0135. The number of nitrogens with zero attached hydrogens (tertiary/aromatic N) is 2. The standard InChI is InChI=1S/C26H26ClN3O2S/c27-23-8-4-3-7-22(23)25-29-20(16-33-25)13-24(31)28-19-11-9-17(10-12-19)14-30-15-18-5-1-2-6-21(18)26(30)32/h1-8,16-17,19H,9-15H2,(H,28,31). The first-order valence-electron chi connectivity index (χ1n) is 11.4. The van der Waals surface area contributed by atoms with Gasteiger partial charge >= 0.3 is 0 Å². The van der Waals surface area contributed by atoms with Crippen LogP contribution in [0.3, 0.4) is 0 Å². The van der Waals surface area contributed by atoms with Crippen LogP contribution >= 0.6 is 22.9 Å². The molecule has 0 unspecified atom stereocenters. The molecule has 0 radical (unpaired) electrons. The minimum absolute atomic E-state index is 0.0135. The Hall–Kier alpha value is -2.70. The van der Waals surface area contributed by atoms with Crippen LogP contribution in [0.1, 0.15) is 47.3 Å². The molecule has 0 atom stereocenters. The molecule has 5 nitrogen and oxygen atoms in total. The molecule has 1 aliphatic carbocycles. The summed E-state index contributed by atoms with van der Waals surface area (Å²) in [5.41, 5.74) is 3.64. The van der Waals surface area contributed by atoms with Crippen molar-refractivity contribution in [1.82, 2.24) is 15.2 Å². The summed E-state index contributed by atoms with van der Waals surface area (Å²) in [6.07, 6.45) is 4.24. The monoisotopic (exact) mass is 479 g/mol. The third kappa shape index (κ3) is 4.97. The molecule has 0 spiro atoms. The van der Waals surface area contributed by atoms with E-state index in [-0.39, 0.29) is 24.3 Å². The van der Waals surface area contributed by atoms with E-state index in [2.05, 4.69) is 10.3 Å². The Balaban J connectivity index is 1.09. The van der Waals surface area contributed by atoms with Gasteiger partial charge in [-0.05, 0) is 49.3 Å².